The number of aliphatic hydroxyl groups excluding tert-OH is 1. The van der Waals surface area contributed by atoms with Crippen molar-refractivity contribution in [2.45, 2.75) is 71.1 Å². The van der Waals surface area contributed by atoms with Gasteiger partial charge < -0.3 is 15.7 Å². The minimum absolute atomic E-state index is 0.0148. The van der Waals surface area contributed by atoms with Crippen LogP contribution >= 0.6 is 0 Å². The second-order valence-electron chi connectivity index (χ2n) is 6.68. The zero-order chi connectivity index (χ0) is 14.1. The SMILES string of the molecule is CN(C(=O)C(C)(C)C(C)(C)N)C1CCCCC1O. The molecule has 0 aliphatic heterocycles. The van der Waals surface area contributed by atoms with Crippen molar-refractivity contribution in [2.75, 3.05) is 7.05 Å². The maximum atomic E-state index is 12.6. The van der Waals surface area contributed by atoms with Crippen LogP contribution in [0, 0.1) is 5.41 Å². The molecule has 2 unspecified atom stereocenters. The lowest BCUT2D eigenvalue weighted by Gasteiger charge is -2.43. The number of hydrogen-bond donors (Lipinski definition) is 2. The summed E-state index contributed by atoms with van der Waals surface area (Å²) in [6.45, 7) is 7.49. The average Bonchev–Trinajstić information content (AvgIpc) is 2.26. The fraction of sp³-hybridized carbons (Fsp3) is 0.929. The molecule has 18 heavy (non-hydrogen) atoms. The number of carbonyl (C=O) groups is 1. The summed E-state index contributed by atoms with van der Waals surface area (Å²) in [7, 11) is 1.79. The fourth-order valence-corrected chi connectivity index (χ4v) is 2.41. The first-order valence-electron chi connectivity index (χ1n) is 6.83. The van der Waals surface area contributed by atoms with E-state index in [0.717, 1.165) is 25.7 Å². The first-order valence-corrected chi connectivity index (χ1v) is 6.83. The second-order valence-corrected chi connectivity index (χ2v) is 6.68. The largest absolute Gasteiger partial charge is 0.391 e. The molecule has 2 atom stereocenters. The van der Waals surface area contributed by atoms with Gasteiger partial charge in [-0.25, -0.2) is 0 Å². The first-order chi connectivity index (χ1) is 8.09. The standard InChI is InChI=1S/C14H28N2O2/c1-13(2,14(3,4)15)12(18)16(5)10-8-6-7-9-11(10)17/h10-11,17H,6-9,15H2,1-5H3. The molecule has 0 saturated heterocycles. The molecule has 0 spiro atoms. The Labute approximate surface area is 111 Å². The average molecular weight is 256 g/mol. The van der Waals surface area contributed by atoms with Crippen LogP contribution in [0.1, 0.15) is 53.4 Å². The molecular formula is C14H28N2O2. The minimum atomic E-state index is -0.640. The lowest BCUT2D eigenvalue weighted by atomic mass is 9.73. The zero-order valence-electron chi connectivity index (χ0n) is 12.4. The molecule has 1 rings (SSSR count). The van der Waals surface area contributed by atoms with Crippen molar-refractivity contribution in [3.05, 3.63) is 0 Å². The molecule has 0 aromatic heterocycles. The Morgan fingerprint density at radius 3 is 2.17 bits per heavy atom. The number of amides is 1. The van der Waals surface area contributed by atoms with Crippen molar-refractivity contribution >= 4 is 5.91 Å². The van der Waals surface area contributed by atoms with Gasteiger partial charge in [0.1, 0.15) is 0 Å². The normalized spacial score (nSPS) is 25.9. The summed E-state index contributed by atoms with van der Waals surface area (Å²) in [5.41, 5.74) is 4.88. The van der Waals surface area contributed by atoms with Crippen molar-refractivity contribution in [2.24, 2.45) is 11.1 Å². The van der Waals surface area contributed by atoms with Crippen molar-refractivity contribution in [3.63, 3.8) is 0 Å². The van der Waals surface area contributed by atoms with Gasteiger partial charge in [0, 0.05) is 12.6 Å². The highest BCUT2D eigenvalue weighted by molar-refractivity contribution is 5.83. The van der Waals surface area contributed by atoms with Crippen LogP contribution in [0.4, 0.5) is 0 Å². The molecule has 1 fully saturated rings. The highest BCUT2D eigenvalue weighted by atomic mass is 16.3. The van der Waals surface area contributed by atoms with Gasteiger partial charge in [-0.3, -0.25) is 4.79 Å². The maximum absolute atomic E-state index is 12.6. The van der Waals surface area contributed by atoms with Gasteiger partial charge in [0.2, 0.25) is 5.91 Å². The van der Waals surface area contributed by atoms with E-state index in [1.165, 1.54) is 0 Å². The predicted octanol–water partition coefficient (Wildman–Crippen LogP) is 1.51. The molecule has 4 heteroatoms. The van der Waals surface area contributed by atoms with Crippen LogP contribution < -0.4 is 5.73 Å². The zero-order valence-corrected chi connectivity index (χ0v) is 12.4. The molecule has 1 aliphatic rings. The highest BCUT2D eigenvalue weighted by Crippen LogP contribution is 2.33. The van der Waals surface area contributed by atoms with E-state index in [4.69, 9.17) is 5.73 Å². The molecule has 0 aromatic carbocycles. The van der Waals surface area contributed by atoms with Crippen LogP contribution in [0.25, 0.3) is 0 Å². The Balaban J connectivity index is 2.83. The van der Waals surface area contributed by atoms with Crippen LogP contribution in [0.3, 0.4) is 0 Å². The molecule has 1 saturated carbocycles. The summed E-state index contributed by atoms with van der Waals surface area (Å²) >= 11 is 0. The van der Waals surface area contributed by atoms with Crippen LogP contribution in [-0.2, 0) is 4.79 Å². The lowest BCUT2D eigenvalue weighted by molar-refractivity contribution is -0.147. The Kier molecular flexibility index (Phi) is 4.44. The Morgan fingerprint density at radius 1 is 1.22 bits per heavy atom. The van der Waals surface area contributed by atoms with E-state index in [-0.39, 0.29) is 11.9 Å². The van der Waals surface area contributed by atoms with E-state index in [9.17, 15) is 9.90 Å². The molecule has 1 amide bonds. The Hall–Kier alpha value is -0.610. The summed E-state index contributed by atoms with van der Waals surface area (Å²) in [5.74, 6) is 0.0148. The summed E-state index contributed by atoms with van der Waals surface area (Å²) in [6.07, 6.45) is 3.39. The summed E-state index contributed by atoms with van der Waals surface area (Å²) < 4.78 is 0. The third-order valence-electron chi connectivity index (χ3n) is 4.66. The van der Waals surface area contributed by atoms with Gasteiger partial charge in [-0.05, 0) is 40.5 Å². The van der Waals surface area contributed by atoms with Crippen molar-refractivity contribution < 1.29 is 9.90 Å². The first kappa shape index (κ1) is 15.4. The molecule has 3 N–H and O–H groups in total. The number of hydrogen-bond acceptors (Lipinski definition) is 3. The summed E-state index contributed by atoms with van der Waals surface area (Å²) in [4.78, 5) is 14.3. The van der Waals surface area contributed by atoms with Gasteiger partial charge in [-0.2, -0.15) is 0 Å². The predicted molar refractivity (Wildman–Crippen MR) is 73.1 cm³/mol. The van der Waals surface area contributed by atoms with Crippen LogP contribution in [0.5, 0.6) is 0 Å². The van der Waals surface area contributed by atoms with E-state index >= 15 is 0 Å². The number of carbonyl (C=O) groups excluding carboxylic acids is 1. The van der Waals surface area contributed by atoms with Crippen molar-refractivity contribution in [3.8, 4) is 0 Å². The lowest BCUT2D eigenvalue weighted by Crippen LogP contribution is -2.59. The van der Waals surface area contributed by atoms with Gasteiger partial charge in [-0.15, -0.1) is 0 Å². The number of nitrogens with two attached hydrogens (primary N) is 1. The van der Waals surface area contributed by atoms with E-state index < -0.39 is 17.1 Å². The minimum Gasteiger partial charge on any atom is -0.391 e. The van der Waals surface area contributed by atoms with E-state index in [2.05, 4.69) is 0 Å². The summed E-state index contributed by atoms with van der Waals surface area (Å²) in [5, 5.41) is 10.0. The smallest absolute Gasteiger partial charge is 0.230 e. The number of nitrogens with zero attached hydrogens (tertiary/aromatic N) is 1. The number of aliphatic hydroxyl groups is 1. The van der Waals surface area contributed by atoms with E-state index in [0.29, 0.717) is 0 Å². The monoisotopic (exact) mass is 256 g/mol. The Morgan fingerprint density at radius 2 is 1.72 bits per heavy atom. The van der Waals surface area contributed by atoms with Gasteiger partial charge in [0.05, 0.1) is 17.6 Å². The second kappa shape index (κ2) is 5.17. The quantitative estimate of drug-likeness (QED) is 0.804. The van der Waals surface area contributed by atoms with Crippen molar-refractivity contribution in [1.29, 1.82) is 0 Å². The van der Waals surface area contributed by atoms with Crippen LogP contribution in [0.15, 0.2) is 0 Å². The molecule has 4 nitrogen and oxygen atoms in total. The topological polar surface area (TPSA) is 66.6 Å². The molecule has 0 aromatic rings. The molecule has 0 bridgehead atoms. The van der Waals surface area contributed by atoms with Crippen LogP contribution in [0.2, 0.25) is 0 Å². The molecule has 106 valence electrons. The van der Waals surface area contributed by atoms with Gasteiger partial charge in [0.25, 0.3) is 0 Å². The Bertz CT molecular complexity index is 307. The molecule has 0 heterocycles. The molecular weight excluding hydrogens is 228 g/mol. The molecule has 1 aliphatic carbocycles. The number of likely N-dealkylation sites (N-methyl/N-ethyl adjacent to an activating group) is 1. The highest BCUT2D eigenvalue weighted by Gasteiger charge is 2.44. The van der Waals surface area contributed by atoms with Gasteiger partial charge in [-0.1, -0.05) is 12.8 Å². The number of rotatable bonds is 3. The van der Waals surface area contributed by atoms with Crippen LogP contribution in [-0.4, -0.2) is 40.6 Å². The van der Waals surface area contributed by atoms with Gasteiger partial charge in [0.15, 0.2) is 0 Å². The third kappa shape index (κ3) is 2.86. The maximum Gasteiger partial charge on any atom is 0.230 e. The molecule has 0 radical (unpaired) electrons. The van der Waals surface area contributed by atoms with Gasteiger partial charge >= 0.3 is 0 Å². The van der Waals surface area contributed by atoms with E-state index in [1.807, 2.05) is 27.7 Å². The van der Waals surface area contributed by atoms with Crippen molar-refractivity contribution in [1.82, 2.24) is 4.90 Å². The fourth-order valence-electron chi connectivity index (χ4n) is 2.41. The third-order valence-corrected chi connectivity index (χ3v) is 4.66. The van der Waals surface area contributed by atoms with E-state index in [1.54, 1.807) is 11.9 Å². The summed E-state index contributed by atoms with van der Waals surface area (Å²) in [6, 6.07) is -0.0622.